The fourth-order valence-electron chi connectivity index (χ4n) is 1.50. The number of ether oxygens (including phenoxy) is 1. The molecule has 0 bridgehead atoms. The van der Waals surface area contributed by atoms with Crippen LogP contribution in [0, 0.1) is 5.92 Å². The third-order valence-electron chi connectivity index (χ3n) is 2.58. The molecule has 2 heteroatoms. The van der Waals surface area contributed by atoms with Gasteiger partial charge in [0.1, 0.15) is 6.29 Å². The van der Waals surface area contributed by atoms with Crippen molar-refractivity contribution in [3.63, 3.8) is 0 Å². The van der Waals surface area contributed by atoms with Crippen molar-refractivity contribution in [2.45, 2.75) is 38.4 Å². The topological polar surface area (TPSA) is 26.3 Å². The number of aldehydes is 1. The van der Waals surface area contributed by atoms with E-state index >= 15 is 0 Å². The largest absolute Gasteiger partial charge is 0.367 e. The molecule has 3 atom stereocenters. The first kappa shape index (κ1) is 9.46. The molecule has 1 aliphatic rings. The Morgan fingerprint density at radius 2 is 2.42 bits per heavy atom. The molecule has 0 aromatic carbocycles. The molecule has 12 heavy (non-hydrogen) atoms. The Kier molecular flexibility index (Phi) is 2.68. The quantitative estimate of drug-likeness (QED) is 0.475. The van der Waals surface area contributed by atoms with E-state index in [1.807, 2.05) is 19.9 Å². The van der Waals surface area contributed by atoms with E-state index in [0.717, 1.165) is 19.1 Å². The maximum atomic E-state index is 10.5. The van der Waals surface area contributed by atoms with E-state index in [-0.39, 0.29) is 17.6 Å². The summed E-state index contributed by atoms with van der Waals surface area (Å²) in [7, 11) is 0. The summed E-state index contributed by atoms with van der Waals surface area (Å²) in [5.74, 6) is 0.00627. The van der Waals surface area contributed by atoms with Crippen LogP contribution in [0.25, 0.3) is 0 Å². The molecule has 0 saturated carbocycles. The second kappa shape index (κ2) is 3.40. The van der Waals surface area contributed by atoms with E-state index in [1.54, 1.807) is 0 Å². The highest BCUT2D eigenvalue weighted by Gasteiger charge is 2.35. The molecule has 2 nitrogen and oxygen atoms in total. The molecule has 1 saturated heterocycles. The third-order valence-corrected chi connectivity index (χ3v) is 2.58. The molecule has 1 rings (SSSR count). The Hall–Kier alpha value is -0.630. The standard InChI is InChI=1S/C10H16O2/c1-4-10(3)6-5-9(12-10)8(2)7-11/h4,7-9H,1,5-6H2,2-3H3/t8?,9-,10-/m0/s1. The van der Waals surface area contributed by atoms with Gasteiger partial charge in [0.05, 0.1) is 11.7 Å². The predicted octanol–water partition coefficient (Wildman–Crippen LogP) is 1.95. The molecule has 0 aromatic heterocycles. The molecule has 0 aliphatic carbocycles. The summed E-state index contributed by atoms with van der Waals surface area (Å²) in [5, 5.41) is 0. The van der Waals surface area contributed by atoms with Crippen LogP contribution in [0.5, 0.6) is 0 Å². The summed E-state index contributed by atoms with van der Waals surface area (Å²) in [5.41, 5.74) is -0.206. The van der Waals surface area contributed by atoms with Gasteiger partial charge < -0.3 is 9.53 Å². The van der Waals surface area contributed by atoms with Crippen LogP contribution in [-0.2, 0) is 9.53 Å². The minimum atomic E-state index is -0.206. The monoisotopic (exact) mass is 168 g/mol. The minimum Gasteiger partial charge on any atom is -0.367 e. The van der Waals surface area contributed by atoms with Crippen LogP contribution in [0.4, 0.5) is 0 Å². The van der Waals surface area contributed by atoms with Gasteiger partial charge in [-0.2, -0.15) is 0 Å². The lowest BCUT2D eigenvalue weighted by Crippen LogP contribution is -2.25. The van der Waals surface area contributed by atoms with Crippen molar-refractivity contribution in [3.05, 3.63) is 12.7 Å². The number of carbonyl (C=O) groups is 1. The van der Waals surface area contributed by atoms with Crippen LogP contribution >= 0.6 is 0 Å². The molecule has 0 N–H and O–H groups in total. The Balaban J connectivity index is 2.55. The molecule has 0 aromatic rings. The van der Waals surface area contributed by atoms with Crippen LogP contribution in [0.15, 0.2) is 12.7 Å². The molecule has 1 fully saturated rings. The van der Waals surface area contributed by atoms with Gasteiger partial charge in [0.25, 0.3) is 0 Å². The van der Waals surface area contributed by atoms with Crippen LogP contribution in [0.2, 0.25) is 0 Å². The summed E-state index contributed by atoms with van der Waals surface area (Å²) in [4.78, 5) is 10.5. The molecule has 1 unspecified atom stereocenters. The van der Waals surface area contributed by atoms with E-state index in [9.17, 15) is 4.79 Å². The Morgan fingerprint density at radius 1 is 1.75 bits per heavy atom. The van der Waals surface area contributed by atoms with Gasteiger partial charge in [-0.05, 0) is 19.8 Å². The summed E-state index contributed by atoms with van der Waals surface area (Å²) in [6.07, 6.45) is 4.80. The first-order valence-corrected chi connectivity index (χ1v) is 4.38. The van der Waals surface area contributed by atoms with Crippen molar-refractivity contribution in [2.75, 3.05) is 0 Å². The van der Waals surface area contributed by atoms with Crippen molar-refractivity contribution in [1.29, 1.82) is 0 Å². The number of hydrogen-bond donors (Lipinski definition) is 0. The third kappa shape index (κ3) is 1.75. The normalized spacial score (nSPS) is 37.7. The molecule has 1 heterocycles. The average Bonchev–Trinajstić information content (AvgIpc) is 2.48. The van der Waals surface area contributed by atoms with Gasteiger partial charge in [-0.3, -0.25) is 0 Å². The van der Waals surface area contributed by atoms with Crippen molar-refractivity contribution in [2.24, 2.45) is 5.92 Å². The molecule has 0 radical (unpaired) electrons. The lowest BCUT2D eigenvalue weighted by atomic mass is 10.00. The second-order valence-electron chi connectivity index (χ2n) is 3.71. The second-order valence-corrected chi connectivity index (χ2v) is 3.71. The van der Waals surface area contributed by atoms with Crippen molar-refractivity contribution < 1.29 is 9.53 Å². The van der Waals surface area contributed by atoms with Gasteiger partial charge >= 0.3 is 0 Å². The molecule has 68 valence electrons. The predicted molar refractivity (Wildman–Crippen MR) is 47.9 cm³/mol. The van der Waals surface area contributed by atoms with Crippen LogP contribution < -0.4 is 0 Å². The van der Waals surface area contributed by atoms with Gasteiger partial charge in [0.15, 0.2) is 0 Å². The summed E-state index contributed by atoms with van der Waals surface area (Å²) in [6, 6.07) is 0. The fourth-order valence-corrected chi connectivity index (χ4v) is 1.50. The van der Waals surface area contributed by atoms with Gasteiger partial charge in [0.2, 0.25) is 0 Å². The molecular weight excluding hydrogens is 152 g/mol. The zero-order valence-corrected chi connectivity index (χ0v) is 7.75. The summed E-state index contributed by atoms with van der Waals surface area (Å²) in [6.45, 7) is 7.63. The van der Waals surface area contributed by atoms with Crippen LogP contribution in [0.3, 0.4) is 0 Å². The highest BCUT2D eigenvalue weighted by atomic mass is 16.5. The Labute approximate surface area is 73.6 Å². The van der Waals surface area contributed by atoms with Crippen molar-refractivity contribution in [3.8, 4) is 0 Å². The first-order chi connectivity index (χ1) is 5.61. The maximum Gasteiger partial charge on any atom is 0.125 e. The molecule has 0 amide bonds. The van der Waals surface area contributed by atoms with Crippen LogP contribution in [0.1, 0.15) is 26.7 Å². The Bertz CT molecular complexity index is 188. The minimum absolute atomic E-state index is 0.00627. The summed E-state index contributed by atoms with van der Waals surface area (Å²) < 4.78 is 5.70. The van der Waals surface area contributed by atoms with Crippen LogP contribution in [-0.4, -0.2) is 18.0 Å². The first-order valence-electron chi connectivity index (χ1n) is 4.38. The smallest absolute Gasteiger partial charge is 0.125 e. The van der Waals surface area contributed by atoms with E-state index in [1.165, 1.54) is 0 Å². The average molecular weight is 168 g/mol. The lowest BCUT2D eigenvalue weighted by molar-refractivity contribution is -0.115. The zero-order valence-electron chi connectivity index (χ0n) is 7.75. The maximum absolute atomic E-state index is 10.5. The lowest BCUT2D eigenvalue weighted by Gasteiger charge is -2.21. The van der Waals surface area contributed by atoms with E-state index in [2.05, 4.69) is 6.58 Å². The SMILES string of the molecule is C=C[C@@]1(C)CC[C@@H](C(C)C=O)O1. The van der Waals surface area contributed by atoms with Crippen molar-refractivity contribution in [1.82, 2.24) is 0 Å². The zero-order chi connectivity index (χ0) is 9.19. The Morgan fingerprint density at radius 3 is 2.83 bits per heavy atom. The highest BCUT2D eigenvalue weighted by molar-refractivity contribution is 5.53. The van der Waals surface area contributed by atoms with Gasteiger partial charge in [0, 0.05) is 5.92 Å². The summed E-state index contributed by atoms with van der Waals surface area (Å²) >= 11 is 0. The molecule has 1 aliphatic heterocycles. The number of carbonyl (C=O) groups excluding carboxylic acids is 1. The van der Waals surface area contributed by atoms with E-state index in [0.29, 0.717) is 0 Å². The number of rotatable bonds is 3. The fraction of sp³-hybridized carbons (Fsp3) is 0.700. The van der Waals surface area contributed by atoms with Gasteiger partial charge in [-0.25, -0.2) is 0 Å². The highest BCUT2D eigenvalue weighted by Crippen LogP contribution is 2.33. The molecule has 0 spiro atoms. The number of hydrogen-bond acceptors (Lipinski definition) is 2. The van der Waals surface area contributed by atoms with E-state index < -0.39 is 0 Å². The molecular formula is C10H16O2. The van der Waals surface area contributed by atoms with Crippen molar-refractivity contribution >= 4 is 6.29 Å². The van der Waals surface area contributed by atoms with Gasteiger partial charge in [-0.1, -0.05) is 13.0 Å². The van der Waals surface area contributed by atoms with Gasteiger partial charge in [-0.15, -0.1) is 6.58 Å². The van der Waals surface area contributed by atoms with E-state index in [4.69, 9.17) is 4.74 Å².